The Morgan fingerprint density at radius 2 is 1.59 bits per heavy atom. The fourth-order valence-corrected chi connectivity index (χ4v) is 11.2. The zero-order valence-electron chi connectivity index (χ0n) is 43.7. The Bertz CT molecular complexity index is 3200. The SMILES string of the molecule is CC[C@@]1(O)C(=O)OCc2c1cc1n(c2=O)Cc2c-1nc1cc(F)c(C)c3c1c2[C@@H](CC(=O)C(OCNC(=O)CCC(=O)[C@H](Cc1ccccc1)NC(=O)CCC(=O)CNC(=O)CCCCCN1C(=O)C=CC1=O)C1CC1)CC3. The lowest BCUT2D eigenvalue weighted by molar-refractivity contribution is -0.172. The van der Waals surface area contributed by atoms with E-state index in [1.807, 2.05) is 6.07 Å². The number of aryl methyl sites for hydroxylation is 1. The van der Waals surface area contributed by atoms with Crippen LogP contribution in [0, 0.1) is 18.7 Å². The molecule has 4 atom stereocenters. The van der Waals surface area contributed by atoms with Crippen molar-refractivity contribution in [2.24, 2.45) is 5.92 Å². The first-order valence-electron chi connectivity index (χ1n) is 26.9. The molecule has 3 aliphatic heterocycles. The first-order chi connectivity index (χ1) is 37.4. The Hall–Kier alpha value is -7.58. The van der Waals surface area contributed by atoms with E-state index in [1.165, 1.54) is 22.8 Å². The number of unbranched alkanes of at least 4 members (excludes halogenated alkanes) is 2. The normalized spacial score (nSPS) is 18.7. The summed E-state index contributed by atoms with van der Waals surface area (Å²) in [6.07, 6.45) is 5.09. The van der Waals surface area contributed by atoms with Crippen LogP contribution >= 0.6 is 0 Å². The quantitative estimate of drug-likeness (QED) is 0.0259. The van der Waals surface area contributed by atoms with Crippen LogP contribution in [0.25, 0.3) is 22.3 Å². The zero-order valence-corrected chi connectivity index (χ0v) is 43.7. The molecule has 0 bridgehead atoms. The van der Waals surface area contributed by atoms with Crippen molar-refractivity contribution in [1.29, 1.82) is 0 Å². The number of esters is 1. The molecule has 9 rings (SSSR count). The van der Waals surface area contributed by atoms with E-state index in [9.17, 15) is 53.1 Å². The van der Waals surface area contributed by atoms with E-state index >= 15 is 4.39 Å². The van der Waals surface area contributed by atoms with Crippen molar-refractivity contribution < 1.29 is 62.1 Å². The van der Waals surface area contributed by atoms with E-state index in [-0.39, 0.29) is 137 Å². The van der Waals surface area contributed by atoms with Crippen LogP contribution in [0.3, 0.4) is 0 Å². The third-order valence-electron chi connectivity index (χ3n) is 15.7. The number of aliphatic hydroxyl groups is 1. The largest absolute Gasteiger partial charge is 0.458 e. The smallest absolute Gasteiger partial charge is 0.343 e. The number of aromatic nitrogens is 2. The summed E-state index contributed by atoms with van der Waals surface area (Å²) in [4.78, 5) is 136. The van der Waals surface area contributed by atoms with Crippen molar-refractivity contribution in [1.82, 2.24) is 30.4 Å². The zero-order chi connectivity index (χ0) is 55.4. The molecule has 410 valence electrons. The number of hydrogen-bond acceptors (Lipinski definition) is 14. The Morgan fingerprint density at radius 1 is 0.859 bits per heavy atom. The fraction of sp³-hybridized carbons (Fsp3) is 0.466. The molecule has 19 nitrogen and oxygen atoms in total. The van der Waals surface area contributed by atoms with Crippen LogP contribution in [0.2, 0.25) is 0 Å². The van der Waals surface area contributed by atoms with Crippen molar-refractivity contribution >= 4 is 63.8 Å². The van der Waals surface area contributed by atoms with Gasteiger partial charge in [0.05, 0.1) is 41.6 Å². The highest BCUT2D eigenvalue weighted by atomic mass is 19.1. The molecule has 1 saturated carbocycles. The van der Waals surface area contributed by atoms with E-state index in [4.69, 9.17) is 14.5 Å². The third kappa shape index (κ3) is 11.8. The van der Waals surface area contributed by atoms with Gasteiger partial charge in [-0.15, -0.1) is 0 Å². The second-order valence-corrected chi connectivity index (χ2v) is 21.0. The van der Waals surface area contributed by atoms with Crippen molar-refractivity contribution in [2.75, 3.05) is 19.8 Å². The number of cyclic esters (lactones) is 1. The lowest BCUT2D eigenvalue weighted by Crippen LogP contribution is -2.44. The lowest BCUT2D eigenvalue weighted by atomic mass is 9.76. The minimum Gasteiger partial charge on any atom is -0.458 e. The fourth-order valence-electron chi connectivity index (χ4n) is 11.2. The Balaban J connectivity index is 0.777. The van der Waals surface area contributed by atoms with E-state index in [1.54, 1.807) is 44.2 Å². The van der Waals surface area contributed by atoms with Gasteiger partial charge in [0.25, 0.3) is 17.4 Å². The lowest BCUT2D eigenvalue weighted by Gasteiger charge is -2.31. The summed E-state index contributed by atoms with van der Waals surface area (Å²) in [5, 5.41) is 20.1. The highest BCUT2D eigenvalue weighted by Gasteiger charge is 2.46. The van der Waals surface area contributed by atoms with Gasteiger partial charge in [-0.3, -0.25) is 48.1 Å². The molecule has 1 fully saturated rings. The van der Waals surface area contributed by atoms with E-state index in [2.05, 4.69) is 16.0 Å². The summed E-state index contributed by atoms with van der Waals surface area (Å²) in [6.45, 7) is 2.82. The van der Waals surface area contributed by atoms with Crippen LogP contribution in [0.4, 0.5) is 4.39 Å². The molecule has 5 aliphatic rings. The maximum Gasteiger partial charge on any atom is 0.343 e. The average molecular weight is 1070 g/mol. The van der Waals surface area contributed by atoms with Gasteiger partial charge in [0, 0.05) is 79.8 Å². The summed E-state index contributed by atoms with van der Waals surface area (Å²) >= 11 is 0. The molecule has 20 heteroatoms. The number of rotatable bonds is 26. The number of benzene rings is 2. The second-order valence-electron chi connectivity index (χ2n) is 21.0. The molecule has 1 unspecified atom stereocenters. The van der Waals surface area contributed by atoms with Crippen LogP contribution in [0.1, 0.15) is 135 Å². The number of nitrogens with zero attached hydrogens (tertiary/aromatic N) is 3. The summed E-state index contributed by atoms with van der Waals surface area (Å²) < 4.78 is 28.4. The predicted octanol–water partition coefficient (Wildman–Crippen LogP) is 4.41. The molecule has 5 heterocycles. The van der Waals surface area contributed by atoms with Gasteiger partial charge in [0.2, 0.25) is 17.7 Å². The highest BCUT2D eigenvalue weighted by molar-refractivity contribution is 6.12. The maximum absolute atomic E-state index is 15.5. The van der Waals surface area contributed by atoms with Crippen LogP contribution in [0.5, 0.6) is 0 Å². The number of Topliss-reactive ketones (excluding diaryl/α,β-unsaturated/α-hetero) is 3. The first kappa shape index (κ1) is 55.2. The highest BCUT2D eigenvalue weighted by Crippen LogP contribution is 2.48. The molecule has 0 spiro atoms. The van der Waals surface area contributed by atoms with Crippen molar-refractivity contribution in [3.05, 3.63) is 110 Å². The van der Waals surface area contributed by atoms with Gasteiger partial charge in [-0.2, -0.15) is 0 Å². The number of amides is 5. The number of fused-ring (bicyclic) bond motifs is 5. The van der Waals surface area contributed by atoms with Gasteiger partial charge in [-0.25, -0.2) is 14.2 Å². The van der Waals surface area contributed by atoms with Gasteiger partial charge in [0.1, 0.15) is 25.3 Å². The number of halogens is 1. The van der Waals surface area contributed by atoms with Gasteiger partial charge in [-0.05, 0) is 98.4 Å². The third-order valence-corrected chi connectivity index (χ3v) is 15.7. The molecule has 0 saturated heterocycles. The Kier molecular flexibility index (Phi) is 16.7. The number of ether oxygens (including phenoxy) is 2. The van der Waals surface area contributed by atoms with Crippen LogP contribution in [-0.2, 0) is 84.2 Å². The summed E-state index contributed by atoms with van der Waals surface area (Å²) in [7, 11) is 0. The monoisotopic (exact) mass is 1070 g/mol. The van der Waals surface area contributed by atoms with E-state index in [0.29, 0.717) is 60.1 Å². The number of ketones is 3. The topological polar surface area (TPSA) is 267 Å². The van der Waals surface area contributed by atoms with Gasteiger partial charge in [0.15, 0.2) is 23.0 Å². The minimum atomic E-state index is -2.04. The Morgan fingerprint density at radius 3 is 2.32 bits per heavy atom. The molecule has 2 aromatic carbocycles. The van der Waals surface area contributed by atoms with Crippen LogP contribution in [0.15, 0.2) is 59.4 Å². The number of carbonyl (C=O) groups excluding carboxylic acids is 9. The molecule has 0 radical (unpaired) electrons. The van der Waals surface area contributed by atoms with Crippen molar-refractivity contribution in [3.63, 3.8) is 0 Å². The summed E-state index contributed by atoms with van der Waals surface area (Å²) in [5.41, 5.74) is 2.53. The molecule has 78 heavy (non-hydrogen) atoms. The van der Waals surface area contributed by atoms with Crippen molar-refractivity contribution in [2.45, 2.75) is 147 Å². The first-order valence-corrected chi connectivity index (χ1v) is 26.9. The molecule has 4 aromatic rings. The molecule has 5 amide bonds. The summed E-state index contributed by atoms with van der Waals surface area (Å²) in [6, 6.07) is 11.0. The summed E-state index contributed by atoms with van der Waals surface area (Å²) in [5.74, 6) is -4.83. The number of imide groups is 1. The number of pyridine rings is 2. The maximum atomic E-state index is 15.5. The van der Waals surface area contributed by atoms with Crippen molar-refractivity contribution in [3.8, 4) is 11.4 Å². The second kappa shape index (κ2) is 23.6. The van der Waals surface area contributed by atoms with Crippen LogP contribution < -0.4 is 21.5 Å². The Labute approximate surface area is 448 Å². The molecule has 2 aliphatic carbocycles. The molecular weight excluding hydrogens is 1010 g/mol. The van der Waals surface area contributed by atoms with E-state index < -0.39 is 52.7 Å². The minimum absolute atomic E-state index is 0.0333. The standard InChI is InChI=1S/C58H63FN6O13/c1-3-58(76)40-26-44-54-38(29-65(44)56(74)39(40)30-77-57(58)75)52-35(15-17-37-32(2)41(59)27-43(63-54)53(37)52)25-46(68)55(34-13-14-34)78-31-61-48(70)20-18-45(67)42(24-33-10-6-4-7-11-33)62-49(71)19-16-36(66)28-60-47(69)12-8-5-9-23-64-50(72)21-22-51(64)73/h4,6-7,10-11,21-22,26-27,34-35,42,55,76H,3,5,8-9,12-20,23-25,28-31H2,1-2H3,(H,60,69)(H,61,70)(H,62,71)/t35-,42+,55?,58+/m1/s1. The molecular formula is C58H63FN6O13. The van der Waals surface area contributed by atoms with E-state index in [0.717, 1.165) is 39.8 Å². The predicted molar refractivity (Wildman–Crippen MR) is 278 cm³/mol. The van der Waals surface area contributed by atoms with Gasteiger partial charge >= 0.3 is 5.97 Å². The molecule has 4 N–H and O–H groups in total. The van der Waals surface area contributed by atoms with Gasteiger partial charge < -0.3 is 35.1 Å². The van der Waals surface area contributed by atoms with Crippen LogP contribution in [-0.4, -0.2) is 104 Å². The number of hydrogen-bond donors (Lipinski definition) is 4. The number of nitrogens with one attached hydrogen (secondary N) is 3. The molecule has 2 aromatic heterocycles. The number of carbonyl (C=O) groups is 9. The average Bonchev–Trinajstić information content (AvgIpc) is 4.32. The van der Waals surface area contributed by atoms with Gasteiger partial charge in [-0.1, -0.05) is 43.7 Å².